The summed E-state index contributed by atoms with van der Waals surface area (Å²) in [5.41, 5.74) is 3.44. The van der Waals surface area contributed by atoms with Gasteiger partial charge in [0.05, 0.1) is 6.61 Å². The van der Waals surface area contributed by atoms with Crippen molar-refractivity contribution < 1.29 is 9.47 Å². The second-order valence-corrected chi connectivity index (χ2v) is 5.89. The van der Waals surface area contributed by atoms with Gasteiger partial charge in [0.1, 0.15) is 17.4 Å². The molecular formula is C16H22N2O2S. The molecule has 0 spiro atoms. The first-order valence-corrected chi connectivity index (χ1v) is 7.90. The molecule has 2 aromatic rings. The molecule has 0 fully saturated rings. The molecule has 0 radical (unpaired) electrons. The van der Waals surface area contributed by atoms with Crippen LogP contribution in [0.5, 0.6) is 5.75 Å². The Morgan fingerprint density at radius 1 is 1.29 bits per heavy atom. The Morgan fingerprint density at radius 3 is 2.86 bits per heavy atom. The van der Waals surface area contributed by atoms with E-state index in [1.54, 1.807) is 18.4 Å². The molecule has 1 heterocycles. The molecule has 1 N–H and O–H groups in total. The third-order valence-electron chi connectivity index (χ3n) is 3.03. The zero-order chi connectivity index (χ0) is 15.1. The maximum atomic E-state index is 5.93. The van der Waals surface area contributed by atoms with E-state index in [2.05, 4.69) is 29.4 Å². The van der Waals surface area contributed by atoms with Gasteiger partial charge < -0.3 is 14.8 Å². The molecule has 5 heteroatoms. The number of nitrogens with zero attached hydrogens (tertiary/aromatic N) is 1. The van der Waals surface area contributed by atoms with E-state index in [-0.39, 0.29) is 0 Å². The average molecular weight is 306 g/mol. The Hall–Kier alpha value is -1.43. The fourth-order valence-electron chi connectivity index (χ4n) is 1.99. The van der Waals surface area contributed by atoms with Gasteiger partial charge in [-0.1, -0.05) is 17.7 Å². The van der Waals surface area contributed by atoms with E-state index < -0.39 is 0 Å². The van der Waals surface area contributed by atoms with Gasteiger partial charge in [0.15, 0.2) is 0 Å². The fraction of sp³-hybridized carbons (Fsp3) is 0.438. The van der Waals surface area contributed by atoms with Crippen LogP contribution in [0.3, 0.4) is 0 Å². The quantitative estimate of drug-likeness (QED) is 0.761. The topological polar surface area (TPSA) is 43.4 Å². The highest BCUT2D eigenvalue weighted by Gasteiger charge is 2.06. The predicted molar refractivity (Wildman–Crippen MR) is 85.9 cm³/mol. The lowest BCUT2D eigenvalue weighted by atomic mass is 10.1. The highest BCUT2D eigenvalue weighted by atomic mass is 32.1. The van der Waals surface area contributed by atoms with Crippen LogP contribution in [0.25, 0.3) is 0 Å². The average Bonchev–Trinajstić information content (AvgIpc) is 2.88. The van der Waals surface area contributed by atoms with Crippen molar-refractivity contribution >= 4 is 11.3 Å². The van der Waals surface area contributed by atoms with E-state index in [9.17, 15) is 0 Å². The second kappa shape index (κ2) is 8.12. The molecule has 0 bridgehead atoms. The van der Waals surface area contributed by atoms with Crippen molar-refractivity contribution in [1.82, 2.24) is 10.3 Å². The minimum absolute atomic E-state index is 0.520. The molecule has 0 aliphatic rings. The molecule has 0 aliphatic carbocycles. The second-order valence-electron chi connectivity index (χ2n) is 4.95. The monoisotopic (exact) mass is 306 g/mol. The number of rotatable bonds is 8. The van der Waals surface area contributed by atoms with Crippen molar-refractivity contribution in [2.75, 3.05) is 20.3 Å². The van der Waals surface area contributed by atoms with Crippen LogP contribution in [0.15, 0.2) is 23.6 Å². The van der Waals surface area contributed by atoms with E-state index in [4.69, 9.17) is 9.47 Å². The predicted octanol–water partition coefficient (Wildman–Crippen LogP) is 3.07. The first-order chi connectivity index (χ1) is 10.2. The third-order valence-corrected chi connectivity index (χ3v) is 3.97. The summed E-state index contributed by atoms with van der Waals surface area (Å²) >= 11 is 1.63. The number of hydrogen-bond acceptors (Lipinski definition) is 5. The molecule has 0 saturated carbocycles. The third kappa shape index (κ3) is 5.12. The zero-order valence-corrected chi connectivity index (χ0v) is 13.6. The summed E-state index contributed by atoms with van der Waals surface area (Å²) in [4.78, 5) is 4.42. The maximum Gasteiger partial charge on any atom is 0.140 e. The van der Waals surface area contributed by atoms with Crippen LogP contribution in [0.4, 0.5) is 0 Å². The number of aryl methyl sites for hydroxylation is 2. The summed E-state index contributed by atoms with van der Waals surface area (Å²) in [7, 11) is 1.71. The first kappa shape index (κ1) is 15.9. The Kier molecular flexibility index (Phi) is 6.17. The largest absolute Gasteiger partial charge is 0.486 e. The minimum atomic E-state index is 0.520. The molecule has 0 amide bonds. The van der Waals surface area contributed by atoms with Crippen LogP contribution in [-0.4, -0.2) is 25.2 Å². The molecule has 4 nitrogen and oxygen atoms in total. The summed E-state index contributed by atoms with van der Waals surface area (Å²) in [6.45, 7) is 6.92. The lowest BCUT2D eigenvalue weighted by Gasteiger charge is -2.12. The van der Waals surface area contributed by atoms with Crippen LogP contribution in [0.2, 0.25) is 0 Å². The molecule has 21 heavy (non-hydrogen) atoms. The summed E-state index contributed by atoms with van der Waals surface area (Å²) in [6, 6.07) is 6.26. The molecule has 114 valence electrons. The van der Waals surface area contributed by atoms with Crippen molar-refractivity contribution in [2.24, 2.45) is 0 Å². The van der Waals surface area contributed by atoms with Crippen molar-refractivity contribution in [3.63, 3.8) is 0 Å². The van der Waals surface area contributed by atoms with E-state index in [1.807, 2.05) is 18.4 Å². The number of hydrogen-bond donors (Lipinski definition) is 1. The van der Waals surface area contributed by atoms with Gasteiger partial charge in [-0.2, -0.15) is 0 Å². The van der Waals surface area contributed by atoms with Crippen molar-refractivity contribution in [1.29, 1.82) is 0 Å². The number of aromatic nitrogens is 1. The number of ether oxygens (including phenoxy) is 2. The van der Waals surface area contributed by atoms with Crippen molar-refractivity contribution in [3.05, 3.63) is 45.4 Å². The van der Waals surface area contributed by atoms with Gasteiger partial charge in [-0.3, -0.25) is 0 Å². The van der Waals surface area contributed by atoms with Gasteiger partial charge in [-0.05, 0) is 19.9 Å². The molecule has 0 unspecified atom stereocenters. The SMILES string of the molecule is COCCNCc1cc(C)ccc1OCc1nc(C)cs1. The molecule has 0 aliphatic heterocycles. The Labute approximate surface area is 130 Å². The highest BCUT2D eigenvalue weighted by Crippen LogP contribution is 2.22. The molecular weight excluding hydrogens is 284 g/mol. The summed E-state index contributed by atoms with van der Waals surface area (Å²) in [5, 5.41) is 6.40. The lowest BCUT2D eigenvalue weighted by molar-refractivity contribution is 0.199. The fourth-order valence-corrected chi connectivity index (χ4v) is 2.68. The molecule has 0 saturated heterocycles. The minimum Gasteiger partial charge on any atom is -0.486 e. The van der Waals surface area contributed by atoms with Gasteiger partial charge >= 0.3 is 0 Å². The Balaban J connectivity index is 1.97. The van der Waals surface area contributed by atoms with Gasteiger partial charge in [-0.15, -0.1) is 11.3 Å². The lowest BCUT2D eigenvalue weighted by Crippen LogP contribution is -2.19. The normalized spacial score (nSPS) is 10.8. The smallest absolute Gasteiger partial charge is 0.140 e. The number of nitrogens with one attached hydrogen (secondary N) is 1. The summed E-state index contributed by atoms with van der Waals surface area (Å²) < 4.78 is 11.0. The van der Waals surface area contributed by atoms with Crippen molar-refractivity contribution in [2.45, 2.75) is 27.0 Å². The highest BCUT2D eigenvalue weighted by molar-refractivity contribution is 7.09. The summed E-state index contributed by atoms with van der Waals surface area (Å²) in [5.74, 6) is 0.915. The van der Waals surface area contributed by atoms with Crippen LogP contribution in [-0.2, 0) is 17.9 Å². The van der Waals surface area contributed by atoms with E-state index in [0.29, 0.717) is 13.2 Å². The Bertz CT molecular complexity index is 569. The summed E-state index contributed by atoms with van der Waals surface area (Å²) in [6.07, 6.45) is 0. The van der Waals surface area contributed by atoms with Gasteiger partial charge in [0.2, 0.25) is 0 Å². The molecule has 1 aromatic carbocycles. The van der Waals surface area contributed by atoms with Gasteiger partial charge in [-0.25, -0.2) is 4.98 Å². The van der Waals surface area contributed by atoms with Crippen LogP contribution >= 0.6 is 11.3 Å². The van der Waals surface area contributed by atoms with E-state index in [1.165, 1.54) is 11.1 Å². The Morgan fingerprint density at radius 2 is 2.14 bits per heavy atom. The van der Waals surface area contributed by atoms with E-state index >= 15 is 0 Å². The maximum absolute atomic E-state index is 5.93. The number of benzene rings is 1. The molecule has 1 aromatic heterocycles. The van der Waals surface area contributed by atoms with Gasteiger partial charge in [0, 0.05) is 36.8 Å². The number of methoxy groups -OCH3 is 1. The van der Waals surface area contributed by atoms with Crippen molar-refractivity contribution in [3.8, 4) is 5.75 Å². The van der Waals surface area contributed by atoms with E-state index in [0.717, 1.165) is 29.5 Å². The van der Waals surface area contributed by atoms with Crippen LogP contribution < -0.4 is 10.1 Å². The molecule has 2 rings (SSSR count). The first-order valence-electron chi connectivity index (χ1n) is 7.02. The van der Waals surface area contributed by atoms with Crippen LogP contribution in [0, 0.1) is 13.8 Å². The zero-order valence-electron chi connectivity index (χ0n) is 12.8. The van der Waals surface area contributed by atoms with Crippen LogP contribution in [0.1, 0.15) is 21.8 Å². The molecule has 0 atom stereocenters. The number of thiazole rings is 1. The standard InChI is InChI=1S/C16H22N2O2S/c1-12-4-5-15(14(8-12)9-17-6-7-19-3)20-10-16-18-13(2)11-21-16/h4-5,8,11,17H,6-7,9-10H2,1-3H3. The van der Waals surface area contributed by atoms with Gasteiger partial charge in [0.25, 0.3) is 0 Å².